The number of nitrogens with zero attached hydrogens (tertiary/aromatic N) is 4. The Balaban J connectivity index is 0.000000271. The molecule has 3 saturated heterocycles. The largest absolute Gasteiger partial charge is 0.490 e. The number of alkyl halides is 6. The van der Waals surface area contributed by atoms with Crippen molar-refractivity contribution in [2.24, 2.45) is 0 Å². The van der Waals surface area contributed by atoms with Crippen LogP contribution in [0.1, 0.15) is 25.7 Å². The zero-order valence-electron chi connectivity index (χ0n) is 18.9. The maximum absolute atomic E-state index is 10.6. The smallest absolute Gasteiger partial charge is 0.475 e. The summed E-state index contributed by atoms with van der Waals surface area (Å²) in [4.78, 5) is 22.8. The van der Waals surface area contributed by atoms with Crippen LogP contribution in [0.2, 0.25) is 0 Å². The molecule has 4 rings (SSSR count). The average molecular weight is 552 g/mol. The maximum atomic E-state index is 10.6. The summed E-state index contributed by atoms with van der Waals surface area (Å²) in [5.41, 5.74) is 1.78. The number of aliphatic carboxylic acids is 2. The van der Waals surface area contributed by atoms with Crippen LogP contribution in [-0.2, 0) is 19.1 Å². The fraction of sp³-hybridized carbons (Fsp3) is 0.789. The van der Waals surface area contributed by atoms with Gasteiger partial charge in [0.2, 0.25) is 5.13 Å². The van der Waals surface area contributed by atoms with E-state index in [1.165, 1.54) is 6.42 Å². The van der Waals surface area contributed by atoms with Crippen LogP contribution in [0, 0.1) is 0 Å². The van der Waals surface area contributed by atoms with E-state index >= 15 is 0 Å². The second-order valence-electron chi connectivity index (χ2n) is 8.20. The van der Waals surface area contributed by atoms with Crippen molar-refractivity contribution in [2.45, 2.75) is 49.7 Å². The molecule has 1 aromatic heterocycles. The molecule has 4 heterocycles. The van der Waals surface area contributed by atoms with E-state index in [-0.39, 0.29) is 5.60 Å². The molecule has 0 aliphatic carbocycles. The molecular weight excluding hydrogens is 526 g/mol. The quantitative estimate of drug-likeness (QED) is 0.529. The average Bonchev–Trinajstić information content (AvgIpc) is 3.35. The highest BCUT2D eigenvalue weighted by Crippen LogP contribution is 2.33. The van der Waals surface area contributed by atoms with Crippen molar-refractivity contribution in [1.82, 2.24) is 15.1 Å². The molecule has 1 spiro atoms. The van der Waals surface area contributed by atoms with Gasteiger partial charge in [-0.05, 0) is 25.7 Å². The summed E-state index contributed by atoms with van der Waals surface area (Å²) in [7, 11) is 0. The number of anilines is 1. The molecule has 17 heteroatoms. The van der Waals surface area contributed by atoms with Gasteiger partial charge in [0.05, 0.1) is 18.8 Å². The van der Waals surface area contributed by atoms with Gasteiger partial charge in [0.1, 0.15) is 5.51 Å². The first-order valence-electron chi connectivity index (χ1n) is 10.8. The van der Waals surface area contributed by atoms with E-state index in [1.54, 1.807) is 11.3 Å². The van der Waals surface area contributed by atoms with E-state index in [4.69, 9.17) is 29.3 Å². The Morgan fingerprint density at radius 1 is 1.00 bits per heavy atom. The third kappa shape index (κ3) is 9.33. The number of aromatic nitrogens is 2. The van der Waals surface area contributed by atoms with E-state index in [0.717, 1.165) is 70.4 Å². The number of carbonyl (C=O) groups is 2. The zero-order valence-corrected chi connectivity index (χ0v) is 19.7. The van der Waals surface area contributed by atoms with Crippen LogP contribution in [0.3, 0.4) is 0 Å². The van der Waals surface area contributed by atoms with E-state index in [0.29, 0.717) is 6.04 Å². The van der Waals surface area contributed by atoms with Crippen LogP contribution < -0.4 is 4.90 Å². The number of rotatable bonds is 2. The standard InChI is InChI=1S/C15H24N4O2S.2C2HF3O2/c1-4-15(11-19(5-1)14-17-16-12-22-14)10-18(6-9-21-15)13-2-7-20-8-3-13;2*3-2(4,5)1(6)7/h12-13H,1-11H2;2*(H,6,7). The Bertz CT molecular complexity index is 809. The van der Waals surface area contributed by atoms with Crippen molar-refractivity contribution in [3.63, 3.8) is 0 Å². The molecule has 0 bridgehead atoms. The Kier molecular flexibility index (Phi) is 10.7. The van der Waals surface area contributed by atoms with Gasteiger partial charge in [-0.1, -0.05) is 11.3 Å². The molecule has 206 valence electrons. The fourth-order valence-electron chi connectivity index (χ4n) is 4.05. The molecule has 1 unspecified atom stereocenters. The zero-order chi connectivity index (χ0) is 27.0. The van der Waals surface area contributed by atoms with Gasteiger partial charge in [0.25, 0.3) is 0 Å². The third-order valence-electron chi connectivity index (χ3n) is 5.63. The van der Waals surface area contributed by atoms with Gasteiger partial charge in [0.15, 0.2) is 0 Å². The molecule has 1 atom stereocenters. The summed E-state index contributed by atoms with van der Waals surface area (Å²) < 4.78 is 75.3. The fourth-order valence-corrected chi connectivity index (χ4v) is 4.64. The van der Waals surface area contributed by atoms with Crippen molar-refractivity contribution in [3.8, 4) is 0 Å². The lowest BCUT2D eigenvalue weighted by Crippen LogP contribution is -2.62. The van der Waals surface area contributed by atoms with Crippen LogP contribution in [0.5, 0.6) is 0 Å². The first-order chi connectivity index (χ1) is 16.7. The summed E-state index contributed by atoms with van der Waals surface area (Å²) in [5, 5.41) is 23.5. The molecule has 0 radical (unpaired) electrons. The van der Waals surface area contributed by atoms with Gasteiger partial charge in [-0.3, -0.25) is 4.90 Å². The van der Waals surface area contributed by atoms with Gasteiger partial charge in [0, 0.05) is 38.9 Å². The molecule has 1 aromatic rings. The van der Waals surface area contributed by atoms with E-state index in [2.05, 4.69) is 20.0 Å². The lowest BCUT2D eigenvalue weighted by Gasteiger charge is -2.50. The second kappa shape index (κ2) is 12.8. The number of ether oxygens (including phenoxy) is 2. The molecule has 10 nitrogen and oxygen atoms in total. The SMILES string of the molecule is O=C(O)C(F)(F)F.O=C(O)C(F)(F)F.c1nnc(N2CCCC3(C2)CN(C2CCOCC2)CCO3)s1. The molecular formula is C19H26F6N4O6S. The minimum atomic E-state index is -5.08. The number of halogens is 6. The molecule has 3 fully saturated rings. The number of piperidine rings is 1. The summed E-state index contributed by atoms with van der Waals surface area (Å²) in [5.74, 6) is -5.51. The van der Waals surface area contributed by atoms with Crippen LogP contribution in [0.4, 0.5) is 31.5 Å². The molecule has 0 saturated carbocycles. The van der Waals surface area contributed by atoms with Crippen molar-refractivity contribution in [2.75, 3.05) is 50.9 Å². The molecule has 2 N–H and O–H groups in total. The van der Waals surface area contributed by atoms with Crippen LogP contribution in [0.25, 0.3) is 0 Å². The van der Waals surface area contributed by atoms with Gasteiger partial charge >= 0.3 is 24.3 Å². The van der Waals surface area contributed by atoms with E-state index < -0.39 is 24.3 Å². The van der Waals surface area contributed by atoms with Crippen molar-refractivity contribution in [3.05, 3.63) is 5.51 Å². The monoisotopic (exact) mass is 552 g/mol. The Labute approximate surface area is 205 Å². The Morgan fingerprint density at radius 3 is 2.08 bits per heavy atom. The van der Waals surface area contributed by atoms with Crippen molar-refractivity contribution >= 4 is 28.4 Å². The second-order valence-corrected chi connectivity index (χ2v) is 9.01. The van der Waals surface area contributed by atoms with Gasteiger partial charge in [-0.15, -0.1) is 10.2 Å². The Hall–Kier alpha value is -2.24. The van der Waals surface area contributed by atoms with Gasteiger partial charge in [-0.2, -0.15) is 26.3 Å². The topological polar surface area (TPSA) is 125 Å². The predicted molar refractivity (Wildman–Crippen MR) is 113 cm³/mol. The van der Waals surface area contributed by atoms with Crippen LogP contribution in [-0.4, -0.2) is 107 Å². The molecule has 0 aromatic carbocycles. The molecule has 0 amide bonds. The predicted octanol–water partition coefficient (Wildman–Crippen LogP) is 2.65. The minimum Gasteiger partial charge on any atom is -0.475 e. The van der Waals surface area contributed by atoms with Gasteiger partial charge in [-0.25, -0.2) is 9.59 Å². The van der Waals surface area contributed by atoms with E-state index in [1.807, 2.05) is 5.51 Å². The lowest BCUT2D eigenvalue weighted by molar-refractivity contribution is -0.193. The number of hydrogen-bond acceptors (Lipinski definition) is 9. The molecule has 3 aliphatic rings. The minimum absolute atomic E-state index is 0.0273. The Morgan fingerprint density at radius 2 is 1.58 bits per heavy atom. The van der Waals surface area contributed by atoms with Crippen LogP contribution >= 0.6 is 11.3 Å². The highest BCUT2D eigenvalue weighted by molar-refractivity contribution is 7.13. The first-order valence-corrected chi connectivity index (χ1v) is 11.7. The summed E-state index contributed by atoms with van der Waals surface area (Å²) in [6.07, 6.45) is -5.52. The van der Waals surface area contributed by atoms with Crippen LogP contribution in [0.15, 0.2) is 5.51 Å². The molecule has 36 heavy (non-hydrogen) atoms. The van der Waals surface area contributed by atoms with Crippen molar-refractivity contribution in [1.29, 1.82) is 0 Å². The third-order valence-corrected chi connectivity index (χ3v) is 6.38. The lowest BCUT2D eigenvalue weighted by atomic mass is 9.89. The molecule has 3 aliphatic heterocycles. The number of carboxylic acid groups (broad SMARTS) is 2. The van der Waals surface area contributed by atoms with Gasteiger partial charge < -0.3 is 24.6 Å². The highest BCUT2D eigenvalue weighted by Gasteiger charge is 2.43. The highest BCUT2D eigenvalue weighted by atomic mass is 32.1. The van der Waals surface area contributed by atoms with E-state index in [9.17, 15) is 26.3 Å². The summed E-state index contributed by atoms with van der Waals surface area (Å²) >= 11 is 1.62. The normalized spacial score (nSPS) is 23.8. The number of morpholine rings is 1. The first kappa shape index (κ1) is 30.0. The summed E-state index contributed by atoms with van der Waals surface area (Å²) in [6.45, 7) is 6.79. The number of carboxylic acids is 2. The van der Waals surface area contributed by atoms with Crippen molar-refractivity contribution < 1.29 is 55.6 Å². The maximum Gasteiger partial charge on any atom is 0.490 e. The summed E-state index contributed by atoms with van der Waals surface area (Å²) in [6, 6.07) is 0.673. The number of hydrogen-bond donors (Lipinski definition) is 2.